The van der Waals surface area contributed by atoms with E-state index in [1.54, 1.807) is 0 Å². The van der Waals surface area contributed by atoms with Gasteiger partial charge in [0.05, 0.1) is 13.5 Å². The lowest BCUT2D eigenvalue weighted by atomic mass is 11.0. The van der Waals surface area contributed by atoms with Crippen LogP contribution in [0.4, 0.5) is 0 Å². The Morgan fingerprint density at radius 2 is 1.45 bits per heavy atom. The third-order valence-corrected chi connectivity index (χ3v) is 0.858. The summed E-state index contributed by atoms with van der Waals surface area (Å²) in [7, 11) is 3.63. The molecule has 0 saturated heterocycles. The van der Waals surface area contributed by atoms with E-state index in [2.05, 4.69) is 16.0 Å². The fourth-order valence-corrected chi connectivity index (χ4v) is 0.462. The van der Waals surface area contributed by atoms with Gasteiger partial charge in [0, 0.05) is 0 Å². The van der Waals surface area contributed by atoms with Crippen LogP contribution in [0.2, 0.25) is 0 Å². The molecule has 0 rings (SSSR count). The van der Waals surface area contributed by atoms with Crippen LogP contribution < -0.4 is 16.0 Å². The smallest absolute Gasteiger partial charge is 0.116 e. The highest BCUT2D eigenvalue weighted by atomic mass is 16.5. The summed E-state index contributed by atoms with van der Waals surface area (Å²) in [5.74, 6) is 0. The molecule has 0 heterocycles. The van der Waals surface area contributed by atoms with Crippen LogP contribution in [0.15, 0.2) is 0 Å². The van der Waals surface area contributed by atoms with E-state index >= 15 is 0 Å². The highest BCUT2D eigenvalue weighted by Crippen LogP contribution is 1.70. The highest BCUT2D eigenvalue weighted by Gasteiger charge is 1.86. The highest BCUT2D eigenvalue weighted by molar-refractivity contribution is 4.25. The monoisotopic (exact) mass is 162 g/mol. The maximum Gasteiger partial charge on any atom is 0.116 e. The van der Waals surface area contributed by atoms with E-state index in [1.807, 2.05) is 14.1 Å². The summed E-state index contributed by atoms with van der Waals surface area (Å²) in [6.07, 6.45) is 0. The molecule has 1 radical (unpaired) electrons. The van der Waals surface area contributed by atoms with Crippen LogP contribution in [0.25, 0.3) is 0 Å². The first-order valence-corrected chi connectivity index (χ1v) is 3.49. The summed E-state index contributed by atoms with van der Waals surface area (Å²) < 4.78 is 9.97. The Bertz CT molecular complexity index is 64.8. The Kier molecular flexibility index (Phi) is 9.62. The third kappa shape index (κ3) is 9.80. The summed E-state index contributed by atoms with van der Waals surface area (Å²) in [6, 6.07) is 0. The molecule has 0 aliphatic carbocycles. The van der Waals surface area contributed by atoms with Crippen LogP contribution >= 0.6 is 0 Å². The molecular weight excluding hydrogens is 146 g/mol. The number of nitrogens with one attached hydrogen (secondary N) is 2. The van der Waals surface area contributed by atoms with Crippen molar-refractivity contribution in [2.75, 3.05) is 41.0 Å². The van der Waals surface area contributed by atoms with Crippen molar-refractivity contribution >= 4 is 0 Å². The van der Waals surface area contributed by atoms with Crippen molar-refractivity contribution in [3.63, 3.8) is 0 Å². The van der Waals surface area contributed by atoms with Gasteiger partial charge in [-0.3, -0.25) is 10.6 Å². The third-order valence-electron chi connectivity index (χ3n) is 0.858. The first kappa shape index (κ1) is 10.8. The zero-order valence-corrected chi connectivity index (χ0v) is 7.09. The van der Waals surface area contributed by atoms with Crippen LogP contribution in [-0.2, 0) is 9.47 Å². The van der Waals surface area contributed by atoms with Crippen molar-refractivity contribution < 1.29 is 9.47 Å². The summed E-state index contributed by atoms with van der Waals surface area (Å²) in [5.41, 5.74) is 0. The lowest BCUT2D eigenvalue weighted by Gasteiger charge is -2.03. The number of nitrogens with zero attached hydrogens (tertiary/aromatic N) is 1. The van der Waals surface area contributed by atoms with Gasteiger partial charge in [-0.05, 0) is 14.1 Å². The van der Waals surface area contributed by atoms with Crippen molar-refractivity contribution in [1.29, 1.82) is 0 Å². The van der Waals surface area contributed by atoms with Crippen molar-refractivity contribution in [3.05, 3.63) is 0 Å². The van der Waals surface area contributed by atoms with Gasteiger partial charge in [-0.15, -0.1) is 0 Å². The van der Waals surface area contributed by atoms with Crippen LogP contribution in [-0.4, -0.2) is 41.0 Å². The quantitative estimate of drug-likeness (QED) is 0.351. The number of rotatable bonds is 8. The first-order valence-electron chi connectivity index (χ1n) is 3.49. The second kappa shape index (κ2) is 9.80. The molecule has 0 amide bonds. The van der Waals surface area contributed by atoms with Crippen LogP contribution in [0.5, 0.6) is 0 Å². The van der Waals surface area contributed by atoms with E-state index in [4.69, 9.17) is 9.47 Å². The Balaban J connectivity index is 2.69. The van der Waals surface area contributed by atoms with Crippen LogP contribution in [0.1, 0.15) is 0 Å². The molecule has 0 aliphatic heterocycles. The van der Waals surface area contributed by atoms with E-state index in [0.29, 0.717) is 26.9 Å². The summed E-state index contributed by atoms with van der Waals surface area (Å²) in [5, 5.41) is 9.59. The zero-order valence-electron chi connectivity index (χ0n) is 7.09. The van der Waals surface area contributed by atoms with Gasteiger partial charge < -0.3 is 9.47 Å². The Morgan fingerprint density at radius 3 is 1.82 bits per heavy atom. The maximum atomic E-state index is 4.98. The molecule has 0 unspecified atom stereocenters. The topological polar surface area (TPSA) is 56.6 Å². The minimum Gasteiger partial charge on any atom is -0.350 e. The second-order valence-corrected chi connectivity index (χ2v) is 1.89. The van der Waals surface area contributed by atoms with Gasteiger partial charge in [0.25, 0.3) is 0 Å². The van der Waals surface area contributed by atoms with Gasteiger partial charge >= 0.3 is 0 Å². The maximum absolute atomic E-state index is 4.98. The van der Waals surface area contributed by atoms with Crippen LogP contribution in [0, 0.1) is 0 Å². The van der Waals surface area contributed by atoms with Gasteiger partial charge in [-0.25, -0.2) is 0 Å². The van der Waals surface area contributed by atoms with E-state index in [1.165, 1.54) is 0 Å². The van der Waals surface area contributed by atoms with Gasteiger partial charge in [0.1, 0.15) is 13.5 Å². The number of hydrogen-bond acceptors (Lipinski definition) is 4. The molecule has 5 nitrogen and oxygen atoms in total. The molecule has 2 N–H and O–H groups in total. The van der Waals surface area contributed by atoms with E-state index in [-0.39, 0.29) is 0 Å². The molecule has 5 heteroatoms. The van der Waals surface area contributed by atoms with Crippen molar-refractivity contribution in [2.24, 2.45) is 0 Å². The van der Waals surface area contributed by atoms with Gasteiger partial charge in [0.2, 0.25) is 0 Å². The Labute approximate surface area is 67.4 Å². The minimum absolute atomic E-state index is 0.380. The molecule has 0 fully saturated rings. The number of hydrogen-bond donors (Lipinski definition) is 2. The summed E-state index contributed by atoms with van der Waals surface area (Å²) >= 11 is 0. The van der Waals surface area contributed by atoms with Gasteiger partial charge in [-0.2, -0.15) is 5.32 Å². The molecule has 0 atom stereocenters. The van der Waals surface area contributed by atoms with Crippen molar-refractivity contribution in [3.8, 4) is 0 Å². The molecule has 0 aromatic carbocycles. The average molecular weight is 162 g/mol. The minimum atomic E-state index is 0.380. The van der Waals surface area contributed by atoms with Crippen molar-refractivity contribution in [1.82, 2.24) is 16.0 Å². The summed E-state index contributed by atoms with van der Waals surface area (Å²) in [6.45, 7) is 1.81. The fourth-order valence-electron chi connectivity index (χ4n) is 0.462. The average Bonchev–Trinajstić information content (AvgIpc) is 2.03. The molecule has 11 heavy (non-hydrogen) atoms. The van der Waals surface area contributed by atoms with Crippen molar-refractivity contribution in [2.45, 2.75) is 0 Å². The molecule has 0 aromatic heterocycles. The molecule has 0 saturated carbocycles. The standard InChI is InChI=1S/C6H16N3O2/c1-7-3-10-5-9-6-11-4-8-2/h7-8H,3-6H2,1-2H3. The summed E-state index contributed by atoms with van der Waals surface area (Å²) in [4.78, 5) is 0. The van der Waals surface area contributed by atoms with Crippen LogP contribution in [0.3, 0.4) is 0 Å². The predicted octanol–water partition coefficient (Wildman–Crippen LogP) is -1.11. The normalized spacial score (nSPS) is 10.4. The lowest BCUT2D eigenvalue weighted by Crippen LogP contribution is -2.21. The SMILES string of the molecule is CNCOC[N]COCNC. The zero-order chi connectivity index (χ0) is 8.36. The molecule has 0 spiro atoms. The fraction of sp³-hybridized carbons (Fsp3) is 1.00. The van der Waals surface area contributed by atoms with E-state index in [0.717, 1.165) is 0 Å². The lowest BCUT2D eigenvalue weighted by molar-refractivity contribution is 0.0466. The van der Waals surface area contributed by atoms with E-state index in [9.17, 15) is 0 Å². The predicted molar refractivity (Wildman–Crippen MR) is 41.9 cm³/mol. The van der Waals surface area contributed by atoms with E-state index < -0.39 is 0 Å². The Hall–Kier alpha value is -0.200. The van der Waals surface area contributed by atoms with Gasteiger partial charge in [-0.1, -0.05) is 0 Å². The molecule has 67 valence electrons. The Morgan fingerprint density at radius 1 is 1.00 bits per heavy atom. The van der Waals surface area contributed by atoms with Gasteiger partial charge in [0.15, 0.2) is 0 Å². The largest absolute Gasteiger partial charge is 0.350 e. The number of ether oxygens (including phenoxy) is 2. The molecule has 0 aliphatic rings. The first-order chi connectivity index (χ1) is 5.41. The second-order valence-electron chi connectivity index (χ2n) is 1.89. The molecule has 0 aromatic rings. The molecular formula is C6H16N3O2. The molecule has 0 bridgehead atoms.